The van der Waals surface area contributed by atoms with Gasteiger partial charge in [-0.15, -0.1) is 0 Å². The van der Waals surface area contributed by atoms with Gasteiger partial charge in [0.15, 0.2) is 5.03 Å². The third-order valence-corrected chi connectivity index (χ3v) is 2.01. The molecule has 2 heterocycles. The Balaban J connectivity index is 2.62. The number of nitro groups is 1. The quantitative estimate of drug-likeness (QED) is 0.557. The van der Waals surface area contributed by atoms with Crippen molar-refractivity contribution in [3.8, 4) is 0 Å². The van der Waals surface area contributed by atoms with E-state index in [1.54, 1.807) is 0 Å². The molecule has 2 aromatic heterocycles. The van der Waals surface area contributed by atoms with Gasteiger partial charge in [0, 0.05) is 11.6 Å². The van der Waals surface area contributed by atoms with Gasteiger partial charge in [-0.1, -0.05) is 4.68 Å². The van der Waals surface area contributed by atoms with E-state index >= 15 is 0 Å². The summed E-state index contributed by atoms with van der Waals surface area (Å²) in [6, 6.07) is 2.03. The number of rotatable bonds is 1. The predicted octanol–water partition coefficient (Wildman–Crippen LogP) is 2.09. The maximum Gasteiger partial charge on any atom is 0.417 e. The van der Waals surface area contributed by atoms with Crippen LogP contribution in [0.5, 0.6) is 0 Å². The van der Waals surface area contributed by atoms with Gasteiger partial charge in [-0.25, -0.2) is 15.1 Å². The van der Waals surface area contributed by atoms with Crippen molar-refractivity contribution in [2.75, 3.05) is 0 Å². The molecular weight excluding hydrogens is 227 g/mol. The highest BCUT2D eigenvalue weighted by atomic mass is 19.4. The standard InChI is InChI=1S/C8H4F3N3O2/c9-8(10,11)6-3-5-1-2-13(14(15)16)7(5)12-4-6/h1-4H. The molecule has 0 aliphatic carbocycles. The van der Waals surface area contributed by atoms with Crippen molar-refractivity contribution < 1.29 is 18.2 Å². The molecule has 0 aromatic carbocycles. The Morgan fingerprint density at radius 1 is 1.44 bits per heavy atom. The average Bonchev–Trinajstić information content (AvgIpc) is 2.58. The van der Waals surface area contributed by atoms with Gasteiger partial charge in [-0.05, 0) is 12.1 Å². The van der Waals surface area contributed by atoms with E-state index in [0.717, 1.165) is 12.3 Å². The molecule has 0 spiro atoms. The second-order valence-corrected chi connectivity index (χ2v) is 3.03. The minimum Gasteiger partial charge on any atom is -0.234 e. The smallest absolute Gasteiger partial charge is 0.234 e. The Kier molecular flexibility index (Phi) is 2.07. The van der Waals surface area contributed by atoms with E-state index in [-0.39, 0.29) is 11.0 Å². The lowest BCUT2D eigenvalue weighted by Crippen LogP contribution is -2.09. The van der Waals surface area contributed by atoms with E-state index in [1.165, 1.54) is 6.07 Å². The number of pyridine rings is 1. The van der Waals surface area contributed by atoms with Crippen molar-refractivity contribution in [3.63, 3.8) is 0 Å². The number of halogens is 3. The molecule has 0 radical (unpaired) electrons. The van der Waals surface area contributed by atoms with Gasteiger partial charge >= 0.3 is 6.18 Å². The van der Waals surface area contributed by atoms with Crippen LogP contribution in [-0.4, -0.2) is 14.7 Å². The average molecular weight is 231 g/mol. The highest BCUT2D eigenvalue weighted by Gasteiger charge is 2.31. The Bertz CT molecular complexity index is 561. The van der Waals surface area contributed by atoms with Crippen LogP contribution in [0.2, 0.25) is 0 Å². The Morgan fingerprint density at radius 3 is 2.69 bits per heavy atom. The first-order valence-corrected chi connectivity index (χ1v) is 4.08. The first-order chi connectivity index (χ1) is 7.39. The molecule has 0 aliphatic heterocycles. The van der Waals surface area contributed by atoms with Gasteiger partial charge in [0.25, 0.3) is 0 Å². The third-order valence-electron chi connectivity index (χ3n) is 2.01. The zero-order valence-electron chi connectivity index (χ0n) is 7.60. The maximum absolute atomic E-state index is 12.3. The van der Waals surface area contributed by atoms with Gasteiger partial charge in [0.2, 0.25) is 5.65 Å². The van der Waals surface area contributed by atoms with Gasteiger partial charge in [0.1, 0.15) is 0 Å². The van der Waals surface area contributed by atoms with E-state index in [9.17, 15) is 23.3 Å². The van der Waals surface area contributed by atoms with Crippen LogP contribution in [0.1, 0.15) is 5.56 Å². The number of aromatic nitrogens is 2. The largest absolute Gasteiger partial charge is 0.417 e. The van der Waals surface area contributed by atoms with Gasteiger partial charge < -0.3 is 0 Å². The first-order valence-electron chi connectivity index (χ1n) is 4.08. The van der Waals surface area contributed by atoms with Crippen molar-refractivity contribution in [1.82, 2.24) is 9.66 Å². The molecular formula is C8H4F3N3O2. The molecule has 2 rings (SSSR count). The number of fused-ring (bicyclic) bond motifs is 1. The van der Waals surface area contributed by atoms with Crippen LogP contribution in [0, 0.1) is 10.1 Å². The molecule has 0 fully saturated rings. The van der Waals surface area contributed by atoms with E-state index in [0.29, 0.717) is 10.9 Å². The van der Waals surface area contributed by atoms with Crippen molar-refractivity contribution in [2.45, 2.75) is 6.18 Å². The van der Waals surface area contributed by atoms with Crippen LogP contribution < -0.4 is 0 Å². The molecule has 5 nitrogen and oxygen atoms in total. The Labute approximate surface area is 86.2 Å². The molecule has 0 aliphatic rings. The molecule has 16 heavy (non-hydrogen) atoms. The van der Waals surface area contributed by atoms with Crippen molar-refractivity contribution in [3.05, 3.63) is 40.2 Å². The molecule has 0 saturated heterocycles. The third kappa shape index (κ3) is 1.58. The number of hydrogen-bond acceptors (Lipinski definition) is 3. The van der Waals surface area contributed by atoms with E-state index in [2.05, 4.69) is 4.98 Å². The maximum atomic E-state index is 12.3. The van der Waals surface area contributed by atoms with Crippen LogP contribution in [0.15, 0.2) is 24.5 Å². The minimum atomic E-state index is -4.50. The fourth-order valence-corrected chi connectivity index (χ4v) is 1.30. The molecule has 0 atom stereocenters. The fourth-order valence-electron chi connectivity index (χ4n) is 1.30. The summed E-state index contributed by atoms with van der Waals surface area (Å²) in [6.07, 6.45) is -2.88. The SMILES string of the molecule is O=[N+]([O-])n1ccc2cc(C(F)(F)F)cnc21. The van der Waals surface area contributed by atoms with E-state index in [1.807, 2.05) is 0 Å². The summed E-state index contributed by atoms with van der Waals surface area (Å²) in [6.45, 7) is 0. The summed E-state index contributed by atoms with van der Waals surface area (Å²) >= 11 is 0. The number of alkyl halides is 3. The Morgan fingerprint density at radius 2 is 2.12 bits per heavy atom. The summed E-state index contributed by atoms with van der Waals surface area (Å²) in [5.74, 6) is 0. The van der Waals surface area contributed by atoms with Crippen LogP contribution in [-0.2, 0) is 6.18 Å². The Hall–Kier alpha value is -2.12. The lowest BCUT2D eigenvalue weighted by atomic mass is 10.2. The summed E-state index contributed by atoms with van der Waals surface area (Å²) in [4.78, 5) is 13.9. The van der Waals surface area contributed by atoms with Crippen LogP contribution in [0.4, 0.5) is 13.2 Å². The predicted molar refractivity (Wildman–Crippen MR) is 47.1 cm³/mol. The molecule has 8 heteroatoms. The van der Waals surface area contributed by atoms with E-state index < -0.39 is 16.8 Å². The number of nitrogens with zero attached hydrogens (tertiary/aromatic N) is 3. The second kappa shape index (κ2) is 3.19. The summed E-state index contributed by atoms with van der Waals surface area (Å²) in [7, 11) is 0. The molecule has 0 saturated carbocycles. The molecule has 84 valence electrons. The lowest BCUT2D eigenvalue weighted by molar-refractivity contribution is -0.538. The molecule has 0 bridgehead atoms. The molecule has 0 N–H and O–H groups in total. The topological polar surface area (TPSA) is 61.0 Å². The summed E-state index contributed by atoms with van der Waals surface area (Å²) < 4.78 is 37.5. The van der Waals surface area contributed by atoms with Gasteiger partial charge in [-0.2, -0.15) is 13.2 Å². The van der Waals surface area contributed by atoms with Gasteiger partial charge in [0.05, 0.1) is 11.8 Å². The van der Waals surface area contributed by atoms with Crippen molar-refractivity contribution in [1.29, 1.82) is 0 Å². The first kappa shape index (κ1) is 10.4. The van der Waals surface area contributed by atoms with Crippen molar-refractivity contribution in [2.24, 2.45) is 0 Å². The highest BCUT2D eigenvalue weighted by molar-refractivity contribution is 5.76. The zero-order valence-corrected chi connectivity index (χ0v) is 7.60. The van der Waals surface area contributed by atoms with Gasteiger partial charge in [-0.3, -0.25) is 0 Å². The highest BCUT2D eigenvalue weighted by Crippen LogP contribution is 2.30. The van der Waals surface area contributed by atoms with Crippen molar-refractivity contribution >= 4 is 11.0 Å². The van der Waals surface area contributed by atoms with Crippen LogP contribution >= 0.6 is 0 Å². The zero-order chi connectivity index (χ0) is 11.9. The second-order valence-electron chi connectivity index (χ2n) is 3.03. The fraction of sp³-hybridized carbons (Fsp3) is 0.125. The summed E-state index contributed by atoms with van der Waals surface area (Å²) in [5.41, 5.74) is -1.04. The number of hydrogen-bond donors (Lipinski definition) is 0. The molecule has 0 unspecified atom stereocenters. The van der Waals surface area contributed by atoms with Crippen LogP contribution in [0.3, 0.4) is 0 Å². The minimum absolute atomic E-state index is 0.0755. The molecule has 0 amide bonds. The lowest BCUT2D eigenvalue weighted by Gasteiger charge is -2.04. The monoisotopic (exact) mass is 231 g/mol. The summed E-state index contributed by atoms with van der Waals surface area (Å²) in [5, 5.41) is 9.78. The molecule has 2 aromatic rings. The normalized spacial score (nSPS) is 11.9. The van der Waals surface area contributed by atoms with Crippen LogP contribution in [0.25, 0.3) is 11.0 Å². The van der Waals surface area contributed by atoms with E-state index in [4.69, 9.17) is 0 Å².